The van der Waals surface area contributed by atoms with Crippen molar-refractivity contribution < 1.29 is 19.1 Å². The van der Waals surface area contributed by atoms with Gasteiger partial charge in [-0.05, 0) is 31.0 Å². The monoisotopic (exact) mass is 323 g/mol. The van der Waals surface area contributed by atoms with Gasteiger partial charge in [0.25, 0.3) is 0 Å². The van der Waals surface area contributed by atoms with Crippen LogP contribution in [0, 0.1) is 0 Å². The highest BCUT2D eigenvalue weighted by molar-refractivity contribution is 5.86. The van der Waals surface area contributed by atoms with Crippen molar-refractivity contribution >= 4 is 11.9 Å². The second kappa shape index (κ2) is 9.55. The van der Waals surface area contributed by atoms with Crippen molar-refractivity contribution in [1.29, 1.82) is 0 Å². The summed E-state index contributed by atoms with van der Waals surface area (Å²) in [4.78, 5) is 23.5. The van der Waals surface area contributed by atoms with Crippen LogP contribution in [-0.4, -0.2) is 38.7 Å². The van der Waals surface area contributed by atoms with Crippen molar-refractivity contribution in [3.8, 4) is 11.5 Å². The SMILES string of the molecule is CCCNC(=O)[C@@H](C)NC(=O)NCc1cc(OC)cc(OC)c1. The number of rotatable bonds is 8. The molecule has 0 saturated carbocycles. The van der Waals surface area contributed by atoms with Crippen LogP contribution in [0.2, 0.25) is 0 Å². The summed E-state index contributed by atoms with van der Waals surface area (Å²) in [5.41, 5.74) is 0.833. The Kier molecular flexibility index (Phi) is 7.73. The Hall–Kier alpha value is -2.44. The minimum atomic E-state index is -0.596. The molecule has 0 heterocycles. The molecule has 1 aromatic carbocycles. The summed E-state index contributed by atoms with van der Waals surface area (Å²) < 4.78 is 10.4. The van der Waals surface area contributed by atoms with E-state index in [9.17, 15) is 9.59 Å². The Balaban J connectivity index is 2.51. The average molecular weight is 323 g/mol. The van der Waals surface area contributed by atoms with Gasteiger partial charge in [0.05, 0.1) is 14.2 Å². The lowest BCUT2D eigenvalue weighted by Crippen LogP contribution is -2.48. The second-order valence-corrected chi connectivity index (χ2v) is 5.06. The van der Waals surface area contributed by atoms with Crippen LogP contribution in [0.25, 0.3) is 0 Å². The molecule has 1 rings (SSSR count). The Morgan fingerprint density at radius 1 is 1.09 bits per heavy atom. The number of carbonyl (C=O) groups is 2. The zero-order valence-corrected chi connectivity index (χ0v) is 14.1. The number of hydrogen-bond acceptors (Lipinski definition) is 4. The average Bonchev–Trinajstić information content (AvgIpc) is 2.57. The molecule has 1 aromatic rings. The molecule has 128 valence electrons. The Labute approximate surface area is 136 Å². The van der Waals surface area contributed by atoms with Gasteiger partial charge in [-0.15, -0.1) is 0 Å². The Morgan fingerprint density at radius 3 is 2.22 bits per heavy atom. The van der Waals surface area contributed by atoms with E-state index >= 15 is 0 Å². The summed E-state index contributed by atoms with van der Waals surface area (Å²) in [6.45, 7) is 4.49. The third-order valence-electron chi connectivity index (χ3n) is 3.15. The van der Waals surface area contributed by atoms with E-state index in [1.807, 2.05) is 6.92 Å². The fourth-order valence-electron chi connectivity index (χ4n) is 1.87. The number of urea groups is 1. The minimum Gasteiger partial charge on any atom is -0.497 e. The first-order valence-electron chi connectivity index (χ1n) is 7.54. The molecule has 0 aliphatic heterocycles. The minimum absolute atomic E-state index is 0.204. The maximum Gasteiger partial charge on any atom is 0.315 e. The van der Waals surface area contributed by atoms with Gasteiger partial charge in [0.2, 0.25) is 5.91 Å². The maximum atomic E-state index is 11.8. The van der Waals surface area contributed by atoms with Crippen molar-refractivity contribution in [3.63, 3.8) is 0 Å². The lowest BCUT2D eigenvalue weighted by molar-refractivity contribution is -0.122. The quantitative estimate of drug-likeness (QED) is 0.675. The Bertz CT molecular complexity index is 512. The number of nitrogens with one attached hydrogen (secondary N) is 3. The molecule has 3 N–H and O–H groups in total. The summed E-state index contributed by atoms with van der Waals surface area (Å²) in [5.74, 6) is 1.09. The van der Waals surface area contributed by atoms with Gasteiger partial charge in [-0.3, -0.25) is 4.79 Å². The highest BCUT2D eigenvalue weighted by atomic mass is 16.5. The zero-order valence-electron chi connectivity index (χ0n) is 14.1. The fourth-order valence-corrected chi connectivity index (χ4v) is 1.87. The van der Waals surface area contributed by atoms with Crippen molar-refractivity contribution in [1.82, 2.24) is 16.0 Å². The molecule has 0 fully saturated rings. The summed E-state index contributed by atoms with van der Waals surface area (Å²) in [7, 11) is 3.13. The first-order chi connectivity index (χ1) is 11.0. The summed E-state index contributed by atoms with van der Waals surface area (Å²) in [6.07, 6.45) is 0.850. The summed E-state index contributed by atoms with van der Waals surface area (Å²) in [6, 6.07) is 4.36. The molecule has 0 saturated heterocycles. The molecule has 7 nitrogen and oxygen atoms in total. The van der Waals surface area contributed by atoms with E-state index in [2.05, 4.69) is 16.0 Å². The highest BCUT2D eigenvalue weighted by Crippen LogP contribution is 2.22. The molecule has 0 bridgehead atoms. The lowest BCUT2D eigenvalue weighted by Gasteiger charge is -2.15. The van der Waals surface area contributed by atoms with E-state index in [1.54, 1.807) is 39.3 Å². The van der Waals surface area contributed by atoms with Gasteiger partial charge in [-0.1, -0.05) is 6.92 Å². The van der Waals surface area contributed by atoms with Gasteiger partial charge >= 0.3 is 6.03 Å². The molecular formula is C16H25N3O4. The molecule has 23 heavy (non-hydrogen) atoms. The molecular weight excluding hydrogens is 298 g/mol. The van der Waals surface area contributed by atoms with E-state index in [4.69, 9.17) is 9.47 Å². The zero-order chi connectivity index (χ0) is 17.2. The molecule has 1 atom stereocenters. The smallest absolute Gasteiger partial charge is 0.315 e. The van der Waals surface area contributed by atoms with Crippen molar-refractivity contribution in [2.45, 2.75) is 32.9 Å². The van der Waals surface area contributed by atoms with Crippen LogP contribution >= 0.6 is 0 Å². The predicted octanol–water partition coefficient (Wildman–Crippen LogP) is 1.42. The number of hydrogen-bond donors (Lipinski definition) is 3. The molecule has 3 amide bonds. The number of carbonyl (C=O) groups excluding carboxylic acids is 2. The second-order valence-electron chi connectivity index (χ2n) is 5.06. The summed E-state index contributed by atoms with van der Waals surface area (Å²) in [5, 5.41) is 8.02. The van der Waals surface area contributed by atoms with Crippen LogP contribution in [0.3, 0.4) is 0 Å². The number of amides is 3. The van der Waals surface area contributed by atoms with Crippen molar-refractivity contribution in [3.05, 3.63) is 23.8 Å². The van der Waals surface area contributed by atoms with E-state index < -0.39 is 12.1 Å². The highest BCUT2D eigenvalue weighted by Gasteiger charge is 2.14. The number of methoxy groups -OCH3 is 2. The lowest BCUT2D eigenvalue weighted by atomic mass is 10.2. The van der Waals surface area contributed by atoms with Crippen LogP contribution in [0.4, 0.5) is 4.79 Å². The molecule has 0 aromatic heterocycles. The first-order valence-corrected chi connectivity index (χ1v) is 7.54. The Morgan fingerprint density at radius 2 is 1.70 bits per heavy atom. The van der Waals surface area contributed by atoms with Gasteiger partial charge in [0.1, 0.15) is 17.5 Å². The summed E-state index contributed by atoms with van der Waals surface area (Å²) >= 11 is 0. The van der Waals surface area contributed by atoms with Gasteiger partial charge in [0.15, 0.2) is 0 Å². The molecule has 0 unspecified atom stereocenters. The van der Waals surface area contributed by atoms with Crippen LogP contribution in [0.5, 0.6) is 11.5 Å². The first kappa shape index (κ1) is 18.6. The fraction of sp³-hybridized carbons (Fsp3) is 0.500. The van der Waals surface area contributed by atoms with E-state index in [-0.39, 0.29) is 5.91 Å². The molecule has 7 heteroatoms. The molecule has 0 aliphatic carbocycles. The third kappa shape index (κ3) is 6.46. The topological polar surface area (TPSA) is 88.7 Å². The number of benzene rings is 1. The normalized spacial score (nSPS) is 11.3. The molecule has 0 spiro atoms. The van der Waals surface area contributed by atoms with E-state index in [0.29, 0.717) is 24.6 Å². The van der Waals surface area contributed by atoms with Crippen molar-refractivity contribution in [2.24, 2.45) is 0 Å². The van der Waals surface area contributed by atoms with Crippen LogP contribution in [-0.2, 0) is 11.3 Å². The van der Waals surface area contributed by atoms with Gasteiger partial charge in [-0.2, -0.15) is 0 Å². The van der Waals surface area contributed by atoms with E-state index in [1.165, 1.54) is 0 Å². The van der Waals surface area contributed by atoms with E-state index in [0.717, 1.165) is 12.0 Å². The third-order valence-corrected chi connectivity index (χ3v) is 3.15. The van der Waals surface area contributed by atoms with Crippen molar-refractivity contribution in [2.75, 3.05) is 20.8 Å². The maximum absolute atomic E-state index is 11.8. The van der Waals surface area contributed by atoms with Gasteiger partial charge < -0.3 is 25.4 Å². The standard InChI is InChI=1S/C16H25N3O4/c1-5-6-17-15(20)11(2)19-16(21)18-10-12-7-13(22-3)9-14(8-12)23-4/h7-9,11H,5-6,10H2,1-4H3,(H,17,20)(H2,18,19,21)/t11-/m1/s1. The predicted molar refractivity (Wildman–Crippen MR) is 87.7 cm³/mol. The number of ether oxygens (including phenoxy) is 2. The van der Waals surface area contributed by atoms with Crippen LogP contribution < -0.4 is 25.4 Å². The van der Waals surface area contributed by atoms with Crippen LogP contribution in [0.1, 0.15) is 25.8 Å². The van der Waals surface area contributed by atoms with Gasteiger partial charge in [0, 0.05) is 19.2 Å². The molecule has 0 aliphatic rings. The molecule has 0 radical (unpaired) electrons. The van der Waals surface area contributed by atoms with Gasteiger partial charge in [-0.25, -0.2) is 4.79 Å². The van der Waals surface area contributed by atoms with Crippen LogP contribution in [0.15, 0.2) is 18.2 Å². The largest absolute Gasteiger partial charge is 0.497 e.